The van der Waals surface area contributed by atoms with Crippen LogP contribution in [-0.4, -0.2) is 59.9 Å². The summed E-state index contributed by atoms with van der Waals surface area (Å²) in [5, 5.41) is 20.4. The molecule has 1 aliphatic rings. The highest BCUT2D eigenvalue weighted by molar-refractivity contribution is 5.76. The highest BCUT2D eigenvalue weighted by atomic mass is 16.3. The molecular formula is C10H20N2O3. The number of rotatable bonds is 8. The van der Waals surface area contributed by atoms with Crippen molar-refractivity contribution in [2.24, 2.45) is 0 Å². The van der Waals surface area contributed by atoms with Crippen LogP contribution in [0.25, 0.3) is 0 Å². The Labute approximate surface area is 90.1 Å². The third-order valence-corrected chi connectivity index (χ3v) is 2.43. The normalized spacial score (nSPS) is 15.7. The molecule has 0 unspecified atom stereocenters. The summed E-state index contributed by atoms with van der Waals surface area (Å²) < 4.78 is 0. The van der Waals surface area contributed by atoms with E-state index in [1.165, 1.54) is 0 Å². The van der Waals surface area contributed by atoms with Gasteiger partial charge in [0, 0.05) is 32.1 Å². The molecule has 0 spiro atoms. The molecular weight excluding hydrogens is 196 g/mol. The Bertz CT molecular complexity index is 189. The Kier molecular flexibility index (Phi) is 5.60. The van der Waals surface area contributed by atoms with Crippen LogP contribution in [0, 0.1) is 0 Å². The van der Waals surface area contributed by atoms with Crippen molar-refractivity contribution >= 4 is 5.91 Å². The molecule has 0 atom stereocenters. The van der Waals surface area contributed by atoms with E-state index in [0.717, 1.165) is 12.8 Å². The molecule has 0 aliphatic heterocycles. The highest BCUT2D eigenvalue weighted by Crippen LogP contribution is 2.18. The molecule has 1 amide bonds. The van der Waals surface area contributed by atoms with E-state index in [9.17, 15) is 4.79 Å². The van der Waals surface area contributed by atoms with E-state index in [1.54, 1.807) is 0 Å². The lowest BCUT2D eigenvalue weighted by molar-refractivity contribution is -0.121. The number of hydrogen-bond acceptors (Lipinski definition) is 4. The quantitative estimate of drug-likeness (QED) is 0.484. The second kappa shape index (κ2) is 6.76. The first kappa shape index (κ1) is 12.4. The number of amides is 1. The van der Waals surface area contributed by atoms with Crippen molar-refractivity contribution in [3.63, 3.8) is 0 Å². The molecule has 0 aromatic heterocycles. The maximum atomic E-state index is 11.3. The summed E-state index contributed by atoms with van der Waals surface area (Å²) in [6.45, 7) is 1.74. The summed E-state index contributed by atoms with van der Waals surface area (Å²) in [6.07, 6.45) is 2.64. The smallest absolute Gasteiger partial charge is 0.221 e. The molecule has 15 heavy (non-hydrogen) atoms. The maximum absolute atomic E-state index is 11.3. The van der Waals surface area contributed by atoms with E-state index in [2.05, 4.69) is 5.32 Å². The molecule has 88 valence electrons. The van der Waals surface area contributed by atoms with Gasteiger partial charge in [-0.05, 0) is 12.8 Å². The summed E-state index contributed by atoms with van der Waals surface area (Å²) in [4.78, 5) is 13.2. The van der Waals surface area contributed by atoms with Crippen LogP contribution >= 0.6 is 0 Å². The van der Waals surface area contributed by atoms with Gasteiger partial charge in [0.25, 0.3) is 0 Å². The average molecular weight is 216 g/mol. The Hall–Kier alpha value is -0.650. The molecule has 1 rings (SSSR count). The first-order valence-electron chi connectivity index (χ1n) is 5.49. The molecule has 0 bridgehead atoms. The van der Waals surface area contributed by atoms with Crippen LogP contribution in [0.15, 0.2) is 0 Å². The zero-order valence-electron chi connectivity index (χ0n) is 8.98. The predicted octanol–water partition coefficient (Wildman–Crippen LogP) is -1.06. The van der Waals surface area contributed by atoms with E-state index in [4.69, 9.17) is 10.2 Å². The molecule has 5 nitrogen and oxygen atoms in total. The first-order chi connectivity index (χ1) is 7.26. The van der Waals surface area contributed by atoms with Crippen LogP contribution in [0.1, 0.15) is 19.3 Å². The topological polar surface area (TPSA) is 72.8 Å². The molecule has 1 saturated carbocycles. The standard InChI is InChI=1S/C10H20N2O3/c13-7-5-12(6-8-14)4-3-10(15)11-9-1-2-9/h9,13-14H,1-8H2,(H,11,15). The fourth-order valence-corrected chi connectivity index (χ4v) is 1.41. The molecule has 0 aromatic rings. The van der Waals surface area contributed by atoms with Gasteiger partial charge in [-0.2, -0.15) is 0 Å². The van der Waals surface area contributed by atoms with Crippen molar-refractivity contribution in [2.75, 3.05) is 32.8 Å². The van der Waals surface area contributed by atoms with Gasteiger partial charge < -0.3 is 15.5 Å². The van der Waals surface area contributed by atoms with Gasteiger partial charge in [-0.15, -0.1) is 0 Å². The number of carbonyl (C=O) groups excluding carboxylic acids is 1. The van der Waals surface area contributed by atoms with E-state index in [-0.39, 0.29) is 19.1 Å². The minimum absolute atomic E-state index is 0.0598. The van der Waals surface area contributed by atoms with E-state index >= 15 is 0 Å². The third-order valence-electron chi connectivity index (χ3n) is 2.43. The Morgan fingerprint density at radius 1 is 1.20 bits per heavy atom. The van der Waals surface area contributed by atoms with Crippen molar-refractivity contribution in [1.82, 2.24) is 10.2 Å². The number of hydrogen-bond donors (Lipinski definition) is 3. The lowest BCUT2D eigenvalue weighted by Gasteiger charge is -2.19. The number of nitrogens with one attached hydrogen (secondary N) is 1. The average Bonchev–Trinajstić information content (AvgIpc) is 2.99. The molecule has 5 heteroatoms. The molecule has 1 fully saturated rings. The van der Waals surface area contributed by atoms with Crippen LogP contribution in [0.5, 0.6) is 0 Å². The Morgan fingerprint density at radius 2 is 1.80 bits per heavy atom. The van der Waals surface area contributed by atoms with Gasteiger partial charge in [0.05, 0.1) is 13.2 Å². The van der Waals surface area contributed by atoms with E-state index in [1.807, 2.05) is 4.90 Å². The van der Waals surface area contributed by atoms with E-state index < -0.39 is 0 Å². The van der Waals surface area contributed by atoms with Gasteiger partial charge in [0.15, 0.2) is 0 Å². The summed E-state index contributed by atoms with van der Waals surface area (Å²) in [7, 11) is 0. The first-order valence-corrected chi connectivity index (χ1v) is 5.49. The summed E-state index contributed by atoms with van der Waals surface area (Å²) in [6, 6.07) is 0.404. The van der Waals surface area contributed by atoms with Gasteiger partial charge in [-0.3, -0.25) is 9.69 Å². The predicted molar refractivity (Wildman–Crippen MR) is 56.4 cm³/mol. The summed E-state index contributed by atoms with van der Waals surface area (Å²) in [5.41, 5.74) is 0. The number of carbonyl (C=O) groups is 1. The second-order valence-electron chi connectivity index (χ2n) is 3.88. The van der Waals surface area contributed by atoms with Gasteiger partial charge >= 0.3 is 0 Å². The molecule has 1 aliphatic carbocycles. The number of nitrogens with zero attached hydrogens (tertiary/aromatic N) is 1. The summed E-state index contributed by atoms with van der Waals surface area (Å²) in [5.74, 6) is 0.0679. The van der Waals surface area contributed by atoms with Crippen LogP contribution in [0.2, 0.25) is 0 Å². The lowest BCUT2D eigenvalue weighted by atomic mass is 10.3. The van der Waals surface area contributed by atoms with Crippen molar-refractivity contribution in [2.45, 2.75) is 25.3 Å². The second-order valence-corrected chi connectivity index (χ2v) is 3.88. The van der Waals surface area contributed by atoms with Crippen LogP contribution in [0.3, 0.4) is 0 Å². The number of aliphatic hydroxyl groups is 2. The van der Waals surface area contributed by atoms with Crippen molar-refractivity contribution in [3.05, 3.63) is 0 Å². The minimum Gasteiger partial charge on any atom is -0.395 e. The SMILES string of the molecule is O=C(CCN(CCO)CCO)NC1CC1. The maximum Gasteiger partial charge on any atom is 0.221 e. The Morgan fingerprint density at radius 3 is 2.27 bits per heavy atom. The highest BCUT2D eigenvalue weighted by Gasteiger charge is 2.23. The zero-order chi connectivity index (χ0) is 11.1. The van der Waals surface area contributed by atoms with Crippen LogP contribution in [0.4, 0.5) is 0 Å². The molecule has 3 N–H and O–H groups in total. The third kappa shape index (κ3) is 5.71. The van der Waals surface area contributed by atoms with Crippen LogP contribution in [-0.2, 0) is 4.79 Å². The van der Waals surface area contributed by atoms with Gasteiger partial charge in [0.2, 0.25) is 5.91 Å². The van der Waals surface area contributed by atoms with Crippen molar-refractivity contribution < 1.29 is 15.0 Å². The van der Waals surface area contributed by atoms with Gasteiger partial charge in [0.1, 0.15) is 0 Å². The lowest BCUT2D eigenvalue weighted by Crippen LogP contribution is -2.35. The number of aliphatic hydroxyl groups excluding tert-OH is 2. The Balaban J connectivity index is 2.10. The summed E-state index contributed by atoms with van der Waals surface area (Å²) >= 11 is 0. The minimum atomic E-state index is 0.0598. The fourth-order valence-electron chi connectivity index (χ4n) is 1.41. The molecule has 0 radical (unpaired) electrons. The van der Waals surface area contributed by atoms with E-state index in [0.29, 0.717) is 32.1 Å². The van der Waals surface area contributed by atoms with Crippen LogP contribution < -0.4 is 5.32 Å². The molecule has 0 heterocycles. The van der Waals surface area contributed by atoms with Gasteiger partial charge in [-0.1, -0.05) is 0 Å². The van der Waals surface area contributed by atoms with Crippen molar-refractivity contribution in [3.8, 4) is 0 Å². The van der Waals surface area contributed by atoms with Gasteiger partial charge in [-0.25, -0.2) is 0 Å². The monoisotopic (exact) mass is 216 g/mol. The molecule has 0 aromatic carbocycles. The van der Waals surface area contributed by atoms with Crippen molar-refractivity contribution in [1.29, 1.82) is 0 Å². The fraction of sp³-hybridized carbons (Fsp3) is 0.900. The molecule has 0 saturated heterocycles. The zero-order valence-corrected chi connectivity index (χ0v) is 8.98. The largest absolute Gasteiger partial charge is 0.395 e.